The van der Waals surface area contributed by atoms with Crippen molar-refractivity contribution in [2.75, 3.05) is 37.6 Å². The summed E-state index contributed by atoms with van der Waals surface area (Å²) in [5.74, 6) is 0.173. The molecule has 2 amide bonds. The fourth-order valence-electron chi connectivity index (χ4n) is 5.53. The zero-order valence-electron chi connectivity index (χ0n) is 20.5. The van der Waals surface area contributed by atoms with E-state index in [-0.39, 0.29) is 23.7 Å². The molecule has 0 aromatic heterocycles. The Kier molecular flexibility index (Phi) is 6.58. The zero-order valence-corrected chi connectivity index (χ0v) is 20.5. The summed E-state index contributed by atoms with van der Waals surface area (Å²) >= 11 is 0. The van der Waals surface area contributed by atoms with Crippen LogP contribution in [0, 0.1) is 19.8 Å². The summed E-state index contributed by atoms with van der Waals surface area (Å²) in [6, 6.07) is 24.6. The van der Waals surface area contributed by atoms with Crippen molar-refractivity contribution in [3.05, 3.63) is 101 Å². The maximum absolute atomic E-state index is 13.2. The molecule has 0 saturated carbocycles. The number of aryl methyl sites for hydroxylation is 2. The summed E-state index contributed by atoms with van der Waals surface area (Å²) < 4.78 is 0. The summed E-state index contributed by atoms with van der Waals surface area (Å²) in [6.45, 7) is 8.02. The largest absolute Gasteiger partial charge is 0.368 e. The Bertz CT molecular complexity index is 1200. The minimum Gasteiger partial charge on any atom is -0.368 e. The van der Waals surface area contributed by atoms with Crippen molar-refractivity contribution in [2.24, 2.45) is 5.92 Å². The predicted octanol–water partition coefficient (Wildman–Crippen LogP) is 4.34. The van der Waals surface area contributed by atoms with Crippen LogP contribution < -0.4 is 10.2 Å². The Morgan fingerprint density at radius 2 is 1.63 bits per heavy atom. The van der Waals surface area contributed by atoms with E-state index in [2.05, 4.69) is 54.4 Å². The van der Waals surface area contributed by atoms with E-state index in [1.807, 2.05) is 47.4 Å². The molecule has 1 unspecified atom stereocenters. The molecule has 0 aliphatic carbocycles. The highest BCUT2D eigenvalue weighted by molar-refractivity contribution is 5.94. The maximum Gasteiger partial charge on any atom is 0.253 e. The van der Waals surface area contributed by atoms with Gasteiger partial charge in [0.15, 0.2) is 0 Å². The third-order valence-electron chi connectivity index (χ3n) is 7.41. The van der Waals surface area contributed by atoms with Gasteiger partial charge in [-0.05, 0) is 61.1 Å². The lowest BCUT2D eigenvalue weighted by Gasteiger charge is -2.37. The first-order valence-electron chi connectivity index (χ1n) is 12.5. The van der Waals surface area contributed by atoms with Gasteiger partial charge in [-0.2, -0.15) is 0 Å². The van der Waals surface area contributed by atoms with Gasteiger partial charge in [0.05, 0.1) is 5.92 Å². The molecule has 0 bridgehead atoms. The van der Waals surface area contributed by atoms with Crippen molar-refractivity contribution in [1.29, 1.82) is 0 Å². The minimum absolute atomic E-state index is 0.0635. The van der Waals surface area contributed by atoms with E-state index in [1.165, 1.54) is 22.4 Å². The Labute approximate surface area is 207 Å². The Morgan fingerprint density at radius 3 is 2.31 bits per heavy atom. The van der Waals surface area contributed by atoms with Gasteiger partial charge in [-0.25, -0.2) is 0 Å². The molecule has 2 fully saturated rings. The van der Waals surface area contributed by atoms with Gasteiger partial charge in [0.25, 0.3) is 5.91 Å². The molecular weight excluding hydrogens is 434 g/mol. The molecule has 0 spiro atoms. The van der Waals surface area contributed by atoms with Crippen molar-refractivity contribution in [3.8, 4) is 0 Å². The van der Waals surface area contributed by atoms with Crippen LogP contribution in [0.25, 0.3) is 0 Å². The third-order valence-corrected chi connectivity index (χ3v) is 7.41. The van der Waals surface area contributed by atoms with Gasteiger partial charge in [-0.3, -0.25) is 9.59 Å². The monoisotopic (exact) mass is 467 g/mol. The highest BCUT2D eigenvalue weighted by Crippen LogP contribution is 2.32. The average molecular weight is 468 g/mol. The van der Waals surface area contributed by atoms with Gasteiger partial charge in [0, 0.05) is 44.0 Å². The molecule has 5 nitrogen and oxygen atoms in total. The highest BCUT2D eigenvalue weighted by atomic mass is 16.2. The molecule has 5 rings (SSSR count). The quantitative estimate of drug-likeness (QED) is 0.607. The van der Waals surface area contributed by atoms with Gasteiger partial charge in [0.1, 0.15) is 0 Å². The molecule has 2 atom stereocenters. The number of benzene rings is 3. The van der Waals surface area contributed by atoms with Gasteiger partial charge in [-0.15, -0.1) is 0 Å². The summed E-state index contributed by atoms with van der Waals surface area (Å²) in [4.78, 5) is 30.1. The van der Waals surface area contributed by atoms with Crippen LogP contribution in [0.3, 0.4) is 0 Å². The van der Waals surface area contributed by atoms with Crippen molar-refractivity contribution in [2.45, 2.75) is 26.2 Å². The molecule has 3 aromatic rings. The Morgan fingerprint density at radius 1 is 0.914 bits per heavy atom. The van der Waals surface area contributed by atoms with Crippen molar-refractivity contribution < 1.29 is 9.59 Å². The van der Waals surface area contributed by atoms with Crippen LogP contribution in [0.2, 0.25) is 0 Å². The molecule has 0 radical (unpaired) electrons. The van der Waals surface area contributed by atoms with Crippen molar-refractivity contribution in [1.82, 2.24) is 10.2 Å². The second-order valence-electron chi connectivity index (χ2n) is 9.86. The molecule has 5 heteroatoms. The molecular formula is C30H33N3O2. The van der Waals surface area contributed by atoms with Crippen LogP contribution in [-0.2, 0) is 11.2 Å². The number of nitrogens with one attached hydrogen (secondary N) is 1. The first kappa shape index (κ1) is 23.2. The number of hydrogen-bond acceptors (Lipinski definition) is 3. The number of amides is 2. The molecule has 2 saturated heterocycles. The average Bonchev–Trinajstić information content (AvgIpc) is 3.24. The fraction of sp³-hybridized carbons (Fsp3) is 0.333. The van der Waals surface area contributed by atoms with E-state index >= 15 is 0 Å². The molecule has 180 valence electrons. The molecule has 1 N–H and O–H groups in total. The number of anilines is 1. The van der Waals surface area contributed by atoms with Crippen LogP contribution in [-0.4, -0.2) is 49.4 Å². The minimum atomic E-state index is -0.180. The van der Waals surface area contributed by atoms with Gasteiger partial charge in [0.2, 0.25) is 5.91 Å². The summed E-state index contributed by atoms with van der Waals surface area (Å²) in [5, 5.41) is 3.03. The summed E-state index contributed by atoms with van der Waals surface area (Å²) in [7, 11) is 0. The molecule has 3 aromatic carbocycles. The highest BCUT2D eigenvalue weighted by Gasteiger charge is 2.36. The van der Waals surface area contributed by atoms with Crippen LogP contribution in [0.5, 0.6) is 0 Å². The number of piperazine rings is 1. The van der Waals surface area contributed by atoms with E-state index < -0.39 is 0 Å². The van der Waals surface area contributed by atoms with E-state index in [0.29, 0.717) is 25.2 Å². The summed E-state index contributed by atoms with van der Waals surface area (Å²) in [5.41, 5.74) is 6.72. The van der Waals surface area contributed by atoms with Crippen LogP contribution in [0.4, 0.5) is 5.69 Å². The normalized spacial score (nSPS) is 20.1. The van der Waals surface area contributed by atoms with Crippen LogP contribution in [0.1, 0.15) is 38.5 Å². The Balaban J connectivity index is 1.23. The molecule has 35 heavy (non-hydrogen) atoms. The van der Waals surface area contributed by atoms with E-state index in [1.54, 1.807) is 0 Å². The lowest BCUT2D eigenvalue weighted by molar-refractivity contribution is -0.120. The number of carbonyl (C=O) groups is 2. The Hall–Kier alpha value is -3.60. The lowest BCUT2D eigenvalue weighted by atomic mass is 9.84. The first-order chi connectivity index (χ1) is 17.0. The number of carbonyl (C=O) groups excluding carboxylic acids is 2. The van der Waals surface area contributed by atoms with Crippen molar-refractivity contribution in [3.63, 3.8) is 0 Å². The third kappa shape index (κ3) is 4.95. The first-order valence-corrected chi connectivity index (χ1v) is 12.5. The zero-order chi connectivity index (χ0) is 24.4. The SMILES string of the molecule is Cc1ccc(N2CCN(C(=O)c3ccc([C@@H]4C(=O)NCC4Cc4ccccc4)cc3)CC2)c(C)c1. The van der Waals surface area contributed by atoms with Crippen LogP contribution in [0.15, 0.2) is 72.8 Å². The molecule has 2 aliphatic heterocycles. The van der Waals surface area contributed by atoms with E-state index in [4.69, 9.17) is 0 Å². The predicted molar refractivity (Wildman–Crippen MR) is 140 cm³/mol. The smallest absolute Gasteiger partial charge is 0.253 e. The molecule has 2 heterocycles. The second-order valence-corrected chi connectivity index (χ2v) is 9.86. The lowest BCUT2D eigenvalue weighted by Crippen LogP contribution is -2.49. The van der Waals surface area contributed by atoms with Gasteiger partial charge >= 0.3 is 0 Å². The van der Waals surface area contributed by atoms with Crippen molar-refractivity contribution >= 4 is 17.5 Å². The topological polar surface area (TPSA) is 52.7 Å². The molecule has 2 aliphatic rings. The fourth-order valence-corrected chi connectivity index (χ4v) is 5.53. The van der Waals surface area contributed by atoms with Crippen LogP contribution >= 0.6 is 0 Å². The van der Waals surface area contributed by atoms with Gasteiger partial charge < -0.3 is 15.1 Å². The van der Waals surface area contributed by atoms with E-state index in [9.17, 15) is 9.59 Å². The summed E-state index contributed by atoms with van der Waals surface area (Å²) in [6.07, 6.45) is 0.857. The standard InChI is InChI=1S/C30H33N3O2/c1-21-8-13-27(22(2)18-21)32-14-16-33(17-15-32)30(35)25-11-9-24(10-12-25)28-26(20-31-29(28)34)19-23-6-4-3-5-7-23/h3-13,18,26,28H,14-17,19-20H2,1-2H3,(H,31,34)/t26?,28-/m0/s1. The second kappa shape index (κ2) is 9.95. The maximum atomic E-state index is 13.2. The van der Waals surface area contributed by atoms with E-state index in [0.717, 1.165) is 25.1 Å². The number of rotatable bonds is 5. The number of hydrogen-bond donors (Lipinski definition) is 1. The number of nitrogens with zero attached hydrogens (tertiary/aromatic N) is 2. The van der Waals surface area contributed by atoms with Gasteiger partial charge in [-0.1, -0.05) is 60.2 Å².